The zero-order chi connectivity index (χ0) is 7.56. The smallest absolute Gasteiger partial charge is 0.123 e. The van der Waals surface area contributed by atoms with Gasteiger partial charge in [-0.05, 0) is 24.6 Å². The number of hydrogen-bond acceptors (Lipinski definition) is 0. The lowest BCUT2D eigenvalue weighted by molar-refractivity contribution is 0.621. The van der Waals surface area contributed by atoms with Gasteiger partial charge in [-0.1, -0.05) is 12.1 Å². The van der Waals surface area contributed by atoms with E-state index in [0.717, 1.165) is 5.56 Å². The summed E-state index contributed by atoms with van der Waals surface area (Å²) in [5.41, 5.74) is 7.97. The molecule has 0 heterocycles. The molecular formula is C8H9FN. The quantitative estimate of drug-likeness (QED) is 0.568. The van der Waals surface area contributed by atoms with Gasteiger partial charge >= 0.3 is 0 Å². The summed E-state index contributed by atoms with van der Waals surface area (Å²) in [5.74, 6) is -0.267. The normalized spacial score (nSPS) is 13.1. The van der Waals surface area contributed by atoms with Crippen LogP contribution >= 0.6 is 0 Å². The molecule has 0 aliphatic carbocycles. The molecule has 0 bridgehead atoms. The summed E-state index contributed by atoms with van der Waals surface area (Å²) in [6.45, 7) is 1.72. The van der Waals surface area contributed by atoms with Crippen LogP contribution in [0, 0.1) is 5.82 Å². The van der Waals surface area contributed by atoms with Crippen molar-refractivity contribution in [2.24, 2.45) is 0 Å². The number of rotatable bonds is 1. The van der Waals surface area contributed by atoms with E-state index in [0.29, 0.717) is 0 Å². The second-order valence-electron chi connectivity index (χ2n) is 2.28. The Bertz CT molecular complexity index is 220. The molecule has 0 amide bonds. The van der Waals surface area contributed by atoms with E-state index in [2.05, 4.69) is 0 Å². The summed E-state index contributed by atoms with van der Waals surface area (Å²) in [6.07, 6.45) is 0. The fraction of sp³-hybridized carbons (Fsp3) is 0.250. The lowest BCUT2D eigenvalue weighted by Crippen LogP contribution is -1.92. The maximum Gasteiger partial charge on any atom is 0.123 e. The number of nitrogens with one attached hydrogen (secondary N) is 1. The highest BCUT2D eigenvalue weighted by molar-refractivity contribution is 5.18. The summed E-state index contributed by atoms with van der Waals surface area (Å²) in [5, 5.41) is 0. The Morgan fingerprint density at radius 3 is 2.60 bits per heavy atom. The van der Waals surface area contributed by atoms with Crippen LogP contribution in [0.25, 0.3) is 0 Å². The standard InChI is InChI=1S/C8H9FN/c1-6(10)7-3-2-4-8(9)5-7/h2-6,10H,1H3. The van der Waals surface area contributed by atoms with Crippen LogP contribution < -0.4 is 5.73 Å². The summed E-state index contributed by atoms with van der Waals surface area (Å²) < 4.78 is 12.4. The molecule has 0 fully saturated rings. The summed E-state index contributed by atoms with van der Waals surface area (Å²) >= 11 is 0. The first kappa shape index (κ1) is 7.22. The molecule has 10 heavy (non-hydrogen) atoms. The van der Waals surface area contributed by atoms with Crippen LogP contribution in [0.2, 0.25) is 0 Å². The molecule has 1 rings (SSSR count). The van der Waals surface area contributed by atoms with Gasteiger partial charge in [0.25, 0.3) is 0 Å². The minimum atomic E-state index is -0.337. The topological polar surface area (TPSA) is 23.8 Å². The zero-order valence-electron chi connectivity index (χ0n) is 5.76. The summed E-state index contributed by atoms with van der Waals surface area (Å²) in [7, 11) is 0. The van der Waals surface area contributed by atoms with Crippen LogP contribution in [0.3, 0.4) is 0 Å². The van der Waals surface area contributed by atoms with Crippen LogP contribution in [0.15, 0.2) is 24.3 Å². The Kier molecular flexibility index (Phi) is 2.02. The Morgan fingerprint density at radius 1 is 1.50 bits per heavy atom. The van der Waals surface area contributed by atoms with Crippen molar-refractivity contribution in [3.8, 4) is 0 Å². The fourth-order valence-corrected chi connectivity index (χ4v) is 0.776. The molecule has 2 heteroatoms. The van der Waals surface area contributed by atoms with E-state index < -0.39 is 0 Å². The van der Waals surface area contributed by atoms with Gasteiger partial charge in [0, 0.05) is 6.04 Å². The predicted octanol–water partition coefficient (Wildman–Crippen LogP) is 2.17. The Morgan fingerprint density at radius 2 is 2.20 bits per heavy atom. The third-order valence-electron chi connectivity index (χ3n) is 1.35. The van der Waals surface area contributed by atoms with Gasteiger partial charge in [0.2, 0.25) is 0 Å². The molecule has 1 radical (unpaired) electrons. The second kappa shape index (κ2) is 2.80. The van der Waals surface area contributed by atoms with E-state index in [1.165, 1.54) is 12.1 Å². The maximum atomic E-state index is 12.4. The minimum Gasteiger partial charge on any atom is -0.250 e. The van der Waals surface area contributed by atoms with Crippen LogP contribution in [0.5, 0.6) is 0 Å². The fourth-order valence-electron chi connectivity index (χ4n) is 0.776. The van der Waals surface area contributed by atoms with Gasteiger partial charge in [0.15, 0.2) is 0 Å². The largest absolute Gasteiger partial charge is 0.250 e. The van der Waals surface area contributed by atoms with Gasteiger partial charge in [-0.15, -0.1) is 0 Å². The van der Waals surface area contributed by atoms with Crippen molar-refractivity contribution in [1.29, 1.82) is 0 Å². The second-order valence-corrected chi connectivity index (χ2v) is 2.28. The van der Waals surface area contributed by atoms with E-state index >= 15 is 0 Å². The first-order chi connectivity index (χ1) is 4.70. The van der Waals surface area contributed by atoms with Gasteiger partial charge in [-0.25, -0.2) is 4.39 Å². The first-order valence-electron chi connectivity index (χ1n) is 3.17. The van der Waals surface area contributed by atoms with E-state index in [1.54, 1.807) is 19.1 Å². The lowest BCUT2D eigenvalue weighted by atomic mass is 10.1. The predicted molar refractivity (Wildman–Crippen MR) is 37.9 cm³/mol. The van der Waals surface area contributed by atoms with Crippen molar-refractivity contribution in [1.82, 2.24) is 5.73 Å². The summed E-state index contributed by atoms with van der Waals surface area (Å²) in [4.78, 5) is 0. The average Bonchev–Trinajstić information content (AvgIpc) is 1.88. The van der Waals surface area contributed by atoms with E-state index in [4.69, 9.17) is 5.73 Å². The Balaban J connectivity index is 2.96. The Hall–Kier alpha value is -0.890. The van der Waals surface area contributed by atoms with Crippen molar-refractivity contribution in [2.75, 3.05) is 0 Å². The van der Waals surface area contributed by atoms with Crippen molar-refractivity contribution in [3.05, 3.63) is 35.6 Å². The average molecular weight is 138 g/mol. The van der Waals surface area contributed by atoms with Crippen LogP contribution in [0.1, 0.15) is 18.5 Å². The molecular weight excluding hydrogens is 129 g/mol. The van der Waals surface area contributed by atoms with Crippen molar-refractivity contribution in [2.45, 2.75) is 13.0 Å². The molecule has 0 aliphatic rings. The monoisotopic (exact) mass is 138 g/mol. The van der Waals surface area contributed by atoms with Crippen molar-refractivity contribution in [3.63, 3.8) is 0 Å². The number of halogens is 1. The lowest BCUT2D eigenvalue weighted by Gasteiger charge is -2.02. The SMILES string of the molecule is CC([NH])c1cccc(F)c1. The van der Waals surface area contributed by atoms with Crippen molar-refractivity contribution >= 4 is 0 Å². The molecule has 0 saturated carbocycles. The molecule has 0 aliphatic heterocycles. The van der Waals surface area contributed by atoms with Gasteiger partial charge in [0.05, 0.1) is 0 Å². The van der Waals surface area contributed by atoms with Gasteiger partial charge in [-0.3, -0.25) is 5.73 Å². The summed E-state index contributed by atoms with van der Waals surface area (Å²) in [6, 6.07) is 5.80. The van der Waals surface area contributed by atoms with Crippen LogP contribution in [-0.4, -0.2) is 0 Å². The third kappa shape index (κ3) is 1.54. The van der Waals surface area contributed by atoms with Crippen LogP contribution in [0.4, 0.5) is 4.39 Å². The highest BCUT2D eigenvalue weighted by Gasteiger charge is 1.98. The zero-order valence-corrected chi connectivity index (χ0v) is 5.76. The number of hydrogen-bond donors (Lipinski definition) is 0. The number of benzene rings is 1. The molecule has 1 atom stereocenters. The molecule has 53 valence electrons. The Labute approximate surface area is 59.7 Å². The highest BCUT2D eigenvalue weighted by Crippen LogP contribution is 2.11. The van der Waals surface area contributed by atoms with Gasteiger partial charge in [0.1, 0.15) is 5.82 Å². The molecule has 0 saturated heterocycles. The highest BCUT2D eigenvalue weighted by atomic mass is 19.1. The van der Waals surface area contributed by atoms with Gasteiger partial charge in [-0.2, -0.15) is 0 Å². The van der Waals surface area contributed by atoms with E-state index in [1.807, 2.05) is 0 Å². The van der Waals surface area contributed by atoms with Crippen molar-refractivity contribution < 1.29 is 4.39 Å². The first-order valence-corrected chi connectivity index (χ1v) is 3.17. The molecule has 1 aromatic carbocycles. The van der Waals surface area contributed by atoms with E-state index in [9.17, 15) is 4.39 Å². The van der Waals surface area contributed by atoms with E-state index in [-0.39, 0.29) is 11.9 Å². The molecule has 0 aromatic heterocycles. The molecule has 1 nitrogen and oxygen atoms in total. The molecule has 1 N–H and O–H groups in total. The molecule has 1 aromatic rings. The maximum absolute atomic E-state index is 12.4. The molecule has 1 unspecified atom stereocenters. The van der Waals surface area contributed by atoms with Crippen LogP contribution in [-0.2, 0) is 0 Å². The van der Waals surface area contributed by atoms with Gasteiger partial charge < -0.3 is 0 Å². The molecule has 0 spiro atoms. The minimum absolute atomic E-state index is 0.267. The third-order valence-corrected chi connectivity index (χ3v) is 1.35.